The van der Waals surface area contributed by atoms with Gasteiger partial charge >= 0.3 is 0 Å². The van der Waals surface area contributed by atoms with Crippen LogP contribution in [-0.4, -0.2) is 21.2 Å². The Bertz CT molecular complexity index is 847. The Morgan fingerprint density at radius 3 is 2.42 bits per heavy atom. The molecule has 2 heterocycles. The smallest absolute Gasteiger partial charge is 0.238 e. The second-order valence-corrected chi connectivity index (χ2v) is 7.45. The summed E-state index contributed by atoms with van der Waals surface area (Å²) in [4.78, 5) is 18.4. The molecule has 4 nitrogen and oxygen atoms in total. The van der Waals surface area contributed by atoms with E-state index in [1.54, 1.807) is 24.3 Å². The summed E-state index contributed by atoms with van der Waals surface area (Å²) < 4.78 is 2.98. The first kappa shape index (κ1) is 15.5. The Hall–Kier alpha value is -2.05. The van der Waals surface area contributed by atoms with Crippen LogP contribution >= 0.6 is 27.7 Å². The molecular weight excluding hydrogens is 386 g/mol. The number of nitrogens with zero attached hydrogens (tertiary/aromatic N) is 3. The van der Waals surface area contributed by atoms with E-state index in [2.05, 4.69) is 33.0 Å². The highest BCUT2D eigenvalue weighted by molar-refractivity contribution is 9.10. The lowest BCUT2D eigenvalue weighted by molar-refractivity contribution is -0.115. The first-order valence-electron chi connectivity index (χ1n) is 7.50. The molecule has 1 aromatic heterocycles. The van der Waals surface area contributed by atoms with Crippen molar-refractivity contribution in [2.24, 2.45) is 0 Å². The zero-order valence-corrected chi connectivity index (χ0v) is 15.1. The van der Waals surface area contributed by atoms with E-state index >= 15 is 0 Å². The van der Waals surface area contributed by atoms with Crippen LogP contribution < -0.4 is 4.90 Å². The van der Waals surface area contributed by atoms with Crippen molar-refractivity contribution in [3.63, 3.8) is 0 Å². The number of halogens is 1. The maximum Gasteiger partial charge on any atom is 0.238 e. The second-order valence-electron chi connectivity index (χ2n) is 5.47. The van der Waals surface area contributed by atoms with Crippen molar-refractivity contribution >= 4 is 39.3 Å². The number of carbonyl (C=O) groups is 1. The predicted octanol–water partition coefficient (Wildman–Crippen LogP) is 4.41. The zero-order valence-electron chi connectivity index (χ0n) is 12.7. The average molecular weight is 400 g/mol. The predicted molar refractivity (Wildman–Crippen MR) is 100 cm³/mol. The summed E-state index contributed by atoms with van der Waals surface area (Å²) in [7, 11) is 0. The molecule has 1 atom stereocenters. The van der Waals surface area contributed by atoms with Crippen LogP contribution in [0.2, 0.25) is 0 Å². The van der Waals surface area contributed by atoms with Crippen molar-refractivity contribution in [3.05, 3.63) is 77.3 Å². The van der Waals surface area contributed by atoms with E-state index in [1.807, 2.05) is 52.1 Å². The van der Waals surface area contributed by atoms with Crippen molar-refractivity contribution in [2.45, 2.75) is 5.37 Å². The van der Waals surface area contributed by atoms with Crippen LogP contribution in [0.5, 0.6) is 0 Å². The number of carbonyl (C=O) groups excluding carboxylic acids is 1. The summed E-state index contributed by atoms with van der Waals surface area (Å²) in [5, 5.41) is 0.0182. The van der Waals surface area contributed by atoms with Crippen molar-refractivity contribution in [1.29, 1.82) is 0 Å². The molecule has 1 aliphatic rings. The molecule has 2 aromatic carbocycles. The van der Waals surface area contributed by atoms with Crippen LogP contribution in [0.15, 0.2) is 71.7 Å². The zero-order chi connectivity index (χ0) is 16.5. The number of amides is 1. The largest absolute Gasteiger partial charge is 0.306 e. The van der Waals surface area contributed by atoms with Crippen LogP contribution in [0, 0.1) is 0 Å². The van der Waals surface area contributed by atoms with Crippen LogP contribution in [-0.2, 0) is 4.79 Å². The maximum atomic E-state index is 12.4. The molecule has 1 aliphatic heterocycles. The van der Waals surface area contributed by atoms with Crippen molar-refractivity contribution in [1.82, 2.24) is 9.55 Å². The minimum atomic E-state index is 0.0182. The minimum absolute atomic E-state index is 0.0182. The average Bonchev–Trinajstić information content (AvgIpc) is 3.26. The molecule has 4 rings (SSSR count). The molecular formula is C18H14BrN3OS. The minimum Gasteiger partial charge on any atom is -0.306 e. The first-order valence-corrected chi connectivity index (χ1v) is 9.34. The lowest BCUT2D eigenvalue weighted by Crippen LogP contribution is -2.27. The number of thioether (sulfide) groups is 1. The van der Waals surface area contributed by atoms with Gasteiger partial charge in [-0.15, -0.1) is 11.8 Å². The number of hydrogen-bond acceptors (Lipinski definition) is 3. The van der Waals surface area contributed by atoms with Crippen LogP contribution in [0.1, 0.15) is 10.9 Å². The summed E-state index contributed by atoms with van der Waals surface area (Å²) >= 11 is 5.12. The molecule has 0 aliphatic carbocycles. The quantitative estimate of drug-likeness (QED) is 0.654. The summed E-state index contributed by atoms with van der Waals surface area (Å²) in [6, 6.07) is 16.1. The van der Waals surface area contributed by atoms with Gasteiger partial charge in [0.05, 0.1) is 12.1 Å². The SMILES string of the molecule is O=C1CSC(c2ccc(Br)cc2)N1c1ccc(-n2ccnc2)cc1. The van der Waals surface area contributed by atoms with Gasteiger partial charge in [0.1, 0.15) is 5.37 Å². The third-order valence-corrected chi connectivity index (χ3v) is 5.69. The molecule has 0 radical (unpaired) electrons. The van der Waals surface area contributed by atoms with Gasteiger partial charge in [-0.25, -0.2) is 4.98 Å². The molecule has 0 spiro atoms. The van der Waals surface area contributed by atoms with Gasteiger partial charge in [-0.3, -0.25) is 9.69 Å². The highest BCUT2D eigenvalue weighted by Gasteiger charge is 2.33. The van der Waals surface area contributed by atoms with Crippen molar-refractivity contribution in [3.8, 4) is 5.69 Å². The Kier molecular flexibility index (Phi) is 4.16. The molecule has 24 heavy (non-hydrogen) atoms. The first-order chi connectivity index (χ1) is 11.7. The van der Waals surface area contributed by atoms with Gasteiger partial charge in [-0.2, -0.15) is 0 Å². The molecule has 0 N–H and O–H groups in total. The standard InChI is InChI=1S/C18H14BrN3OS/c19-14-3-1-13(2-4-14)18-22(17(23)11-24-18)16-7-5-15(6-8-16)21-10-9-20-12-21/h1-10,12,18H,11H2. The molecule has 3 aromatic rings. The van der Waals surface area contributed by atoms with Crippen molar-refractivity contribution in [2.75, 3.05) is 10.7 Å². The lowest BCUT2D eigenvalue weighted by atomic mass is 10.2. The summed E-state index contributed by atoms with van der Waals surface area (Å²) in [6.07, 6.45) is 5.41. The van der Waals surface area contributed by atoms with E-state index in [9.17, 15) is 4.79 Å². The van der Waals surface area contributed by atoms with E-state index < -0.39 is 0 Å². The highest BCUT2D eigenvalue weighted by atomic mass is 79.9. The molecule has 1 saturated heterocycles. The molecule has 1 amide bonds. The van der Waals surface area contributed by atoms with E-state index in [0.717, 1.165) is 21.4 Å². The number of rotatable bonds is 3. The third kappa shape index (κ3) is 2.87. The fourth-order valence-electron chi connectivity index (χ4n) is 2.77. The lowest BCUT2D eigenvalue weighted by Gasteiger charge is -2.24. The Balaban J connectivity index is 1.65. The van der Waals surface area contributed by atoms with Gasteiger partial charge in [0, 0.05) is 28.2 Å². The van der Waals surface area contributed by atoms with Crippen LogP contribution in [0.4, 0.5) is 5.69 Å². The van der Waals surface area contributed by atoms with Gasteiger partial charge < -0.3 is 4.57 Å². The maximum absolute atomic E-state index is 12.4. The second kappa shape index (κ2) is 6.45. The van der Waals surface area contributed by atoms with Gasteiger partial charge in [0.25, 0.3) is 0 Å². The van der Waals surface area contributed by atoms with Gasteiger partial charge in [-0.05, 0) is 42.0 Å². The molecule has 0 saturated carbocycles. The number of benzene rings is 2. The summed E-state index contributed by atoms with van der Waals surface area (Å²) in [5.41, 5.74) is 3.07. The van der Waals surface area contributed by atoms with Gasteiger partial charge in [-0.1, -0.05) is 28.1 Å². The third-order valence-electron chi connectivity index (χ3n) is 3.95. The fourth-order valence-corrected chi connectivity index (χ4v) is 4.22. The number of aromatic nitrogens is 2. The highest BCUT2D eigenvalue weighted by Crippen LogP contribution is 2.42. The molecule has 120 valence electrons. The van der Waals surface area contributed by atoms with E-state index in [1.165, 1.54) is 0 Å². The Morgan fingerprint density at radius 2 is 1.75 bits per heavy atom. The molecule has 0 bridgehead atoms. The summed E-state index contributed by atoms with van der Waals surface area (Å²) in [5.74, 6) is 0.646. The van der Waals surface area contributed by atoms with Crippen LogP contribution in [0.3, 0.4) is 0 Å². The molecule has 1 unspecified atom stereocenters. The van der Waals surface area contributed by atoms with Crippen molar-refractivity contribution < 1.29 is 4.79 Å². The fraction of sp³-hybridized carbons (Fsp3) is 0.111. The van der Waals surface area contributed by atoms with E-state index in [-0.39, 0.29) is 11.3 Å². The van der Waals surface area contributed by atoms with Gasteiger partial charge in [0.2, 0.25) is 5.91 Å². The Morgan fingerprint density at radius 1 is 1.04 bits per heavy atom. The normalized spacial score (nSPS) is 17.5. The van der Waals surface area contributed by atoms with E-state index in [4.69, 9.17) is 0 Å². The number of imidazole rings is 1. The topological polar surface area (TPSA) is 38.1 Å². The number of anilines is 1. The monoisotopic (exact) mass is 399 g/mol. The van der Waals surface area contributed by atoms with E-state index in [0.29, 0.717) is 5.75 Å². The molecule has 1 fully saturated rings. The van der Waals surface area contributed by atoms with Gasteiger partial charge in [0.15, 0.2) is 0 Å². The number of hydrogen-bond donors (Lipinski definition) is 0. The molecule has 6 heteroatoms. The van der Waals surface area contributed by atoms with Crippen LogP contribution in [0.25, 0.3) is 5.69 Å². The Labute approximate surface area is 152 Å². The summed E-state index contributed by atoms with van der Waals surface area (Å²) in [6.45, 7) is 0.